The molecule has 0 bridgehead atoms. The minimum Gasteiger partial charge on any atom is -0.395 e. The van der Waals surface area contributed by atoms with Crippen molar-refractivity contribution in [2.45, 2.75) is 0 Å². The number of para-hydroxylation sites is 1. The normalized spacial score (nSPS) is 15.4. The molecule has 0 atom stereocenters. The Kier molecular flexibility index (Phi) is 6.56. The number of aliphatic hydroxyl groups is 1. The van der Waals surface area contributed by atoms with Gasteiger partial charge >= 0.3 is 0 Å². The Hall–Kier alpha value is -2.55. The van der Waals surface area contributed by atoms with E-state index in [4.69, 9.17) is 12.2 Å². The van der Waals surface area contributed by atoms with E-state index in [2.05, 4.69) is 0 Å². The number of nitrogens with zero attached hydrogens (tertiary/aromatic N) is 2. The fraction of sp³-hybridized carbons (Fsp3) is 0.150. The van der Waals surface area contributed by atoms with Crippen molar-refractivity contribution < 1.29 is 19.1 Å². The van der Waals surface area contributed by atoms with Gasteiger partial charge in [-0.3, -0.25) is 14.5 Å². The Labute approximate surface area is 171 Å². The smallest absolute Gasteiger partial charge is 0.266 e. The third-order valence-electron chi connectivity index (χ3n) is 4.01. The molecule has 8 heteroatoms. The van der Waals surface area contributed by atoms with Crippen molar-refractivity contribution in [3.63, 3.8) is 0 Å². The topological polar surface area (TPSA) is 60.9 Å². The first-order chi connectivity index (χ1) is 13.5. The van der Waals surface area contributed by atoms with Crippen molar-refractivity contribution >= 4 is 51.9 Å². The zero-order chi connectivity index (χ0) is 20.1. The van der Waals surface area contributed by atoms with E-state index in [0.717, 1.165) is 11.8 Å². The van der Waals surface area contributed by atoms with Gasteiger partial charge in [0.15, 0.2) is 0 Å². The van der Waals surface area contributed by atoms with E-state index < -0.39 is 11.7 Å². The highest BCUT2D eigenvalue weighted by atomic mass is 32.2. The molecular formula is C20H17FN2O3S2. The van der Waals surface area contributed by atoms with Crippen LogP contribution in [0, 0.1) is 5.82 Å². The summed E-state index contributed by atoms with van der Waals surface area (Å²) in [5.41, 5.74) is 1.17. The van der Waals surface area contributed by atoms with Crippen LogP contribution in [0.4, 0.5) is 10.1 Å². The molecule has 1 N–H and O–H groups in total. The second-order valence-electron chi connectivity index (χ2n) is 5.93. The maximum Gasteiger partial charge on any atom is 0.266 e. The van der Waals surface area contributed by atoms with Gasteiger partial charge in [0.1, 0.15) is 16.7 Å². The average molecular weight is 416 g/mol. The summed E-state index contributed by atoms with van der Waals surface area (Å²) in [5, 5.41) is 9.30. The molecule has 2 aromatic rings. The quantitative estimate of drug-likeness (QED) is 0.579. The molecule has 2 aromatic carbocycles. The van der Waals surface area contributed by atoms with E-state index >= 15 is 0 Å². The molecule has 144 valence electrons. The summed E-state index contributed by atoms with van der Waals surface area (Å²) in [7, 11) is 0. The summed E-state index contributed by atoms with van der Waals surface area (Å²) >= 11 is 6.33. The van der Waals surface area contributed by atoms with Gasteiger partial charge in [-0.2, -0.15) is 0 Å². The standard InChI is InChI=1S/C20H17FN2O3S2/c21-15-6-4-5-14(11-15)12-17-19(26)23(20(27)28-17)13-18(25)22(9-10-24)16-7-2-1-3-8-16/h1-8,11-12,24H,9-10,13H2/b17-12-. The molecule has 0 radical (unpaired) electrons. The number of carbonyl (C=O) groups is 2. The molecule has 0 saturated carbocycles. The third-order valence-corrected chi connectivity index (χ3v) is 5.38. The molecule has 2 amide bonds. The van der Waals surface area contributed by atoms with Crippen LogP contribution in [0.1, 0.15) is 5.56 Å². The van der Waals surface area contributed by atoms with Crippen molar-refractivity contribution in [1.29, 1.82) is 0 Å². The number of hydrogen-bond donors (Lipinski definition) is 1. The highest BCUT2D eigenvalue weighted by molar-refractivity contribution is 8.26. The lowest BCUT2D eigenvalue weighted by atomic mass is 10.2. The Morgan fingerprint density at radius 3 is 2.64 bits per heavy atom. The molecule has 3 rings (SSSR count). The highest BCUT2D eigenvalue weighted by Crippen LogP contribution is 2.32. The average Bonchev–Trinajstić information content (AvgIpc) is 2.94. The number of benzene rings is 2. The first-order valence-electron chi connectivity index (χ1n) is 8.47. The van der Waals surface area contributed by atoms with Gasteiger partial charge in [0.2, 0.25) is 5.91 Å². The van der Waals surface area contributed by atoms with Gasteiger partial charge in [-0.15, -0.1) is 0 Å². The number of halogens is 1. The Balaban J connectivity index is 1.77. The van der Waals surface area contributed by atoms with Gasteiger partial charge in [0, 0.05) is 12.2 Å². The molecule has 1 saturated heterocycles. The minimum absolute atomic E-state index is 0.108. The van der Waals surface area contributed by atoms with Crippen LogP contribution in [0.25, 0.3) is 6.08 Å². The van der Waals surface area contributed by atoms with Gasteiger partial charge in [-0.1, -0.05) is 54.3 Å². The largest absolute Gasteiger partial charge is 0.395 e. The minimum atomic E-state index is -0.401. The van der Waals surface area contributed by atoms with Crippen LogP contribution in [0.2, 0.25) is 0 Å². The van der Waals surface area contributed by atoms with Crippen molar-refractivity contribution in [2.24, 2.45) is 0 Å². The molecule has 0 aromatic heterocycles. The van der Waals surface area contributed by atoms with E-state index in [9.17, 15) is 19.1 Å². The van der Waals surface area contributed by atoms with E-state index in [-0.39, 0.29) is 29.9 Å². The van der Waals surface area contributed by atoms with Crippen LogP contribution in [0.3, 0.4) is 0 Å². The molecule has 28 heavy (non-hydrogen) atoms. The zero-order valence-corrected chi connectivity index (χ0v) is 16.4. The van der Waals surface area contributed by atoms with E-state index in [1.807, 2.05) is 6.07 Å². The second kappa shape index (κ2) is 9.09. The summed E-state index contributed by atoms with van der Waals surface area (Å²) in [6.45, 7) is -0.338. The van der Waals surface area contributed by atoms with Crippen LogP contribution in [0.5, 0.6) is 0 Å². The zero-order valence-electron chi connectivity index (χ0n) is 14.7. The number of thiocarbonyl (C=S) groups is 1. The monoisotopic (exact) mass is 416 g/mol. The molecule has 0 unspecified atom stereocenters. The van der Waals surface area contributed by atoms with Gasteiger partial charge < -0.3 is 10.0 Å². The first-order valence-corrected chi connectivity index (χ1v) is 9.69. The molecule has 1 aliphatic heterocycles. The van der Waals surface area contributed by atoms with Crippen LogP contribution in [-0.2, 0) is 9.59 Å². The van der Waals surface area contributed by atoms with E-state index in [1.54, 1.807) is 42.5 Å². The maximum atomic E-state index is 13.4. The van der Waals surface area contributed by atoms with Gasteiger partial charge in [0.05, 0.1) is 11.5 Å². The number of amides is 2. The van der Waals surface area contributed by atoms with Gasteiger partial charge in [-0.05, 0) is 35.9 Å². The van der Waals surface area contributed by atoms with E-state index in [0.29, 0.717) is 16.2 Å². The van der Waals surface area contributed by atoms with Gasteiger partial charge in [-0.25, -0.2) is 4.39 Å². The van der Waals surface area contributed by atoms with Crippen molar-refractivity contribution in [1.82, 2.24) is 4.90 Å². The highest BCUT2D eigenvalue weighted by Gasteiger charge is 2.34. The summed E-state index contributed by atoms with van der Waals surface area (Å²) < 4.78 is 13.6. The molecule has 0 spiro atoms. The molecule has 1 fully saturated rings. The lowest BCUT2D eigenvalue weighted by Gasteiger charge is -2.24. The SMILES string of the molecule is O=C1/C(=C/c2cccc(F)c2)SC(=S)N1CC(=O)N(CCO)c1ccccc1. The summed E-state index contributed by atoms with van der Waals surface area (Å²) in [6, 6.07) is 14.8. The summed E-state index contributed by atoms with van der Waals surface area (Å²) in [6.07, 6.45) is 1.55. The van der Waals surface area contributed by atoms with Gasteiger partial charge in [0.25, 0.3) is 5.91 Å². The van der Waals surface area contributed by atoms with E-state index in [1.165, 1.54) is 21.9 Å². The lowest BCUT2D eigenvalue weighted by molar-refractivity contribution is -0.127. The Morgan fingerprint density at radius 2 is 1.96 bits per heavy atom. The predicted molar refractivity (Wildman–Crippen MR) is 112 cm³/mol. The third kappa shape index (κ3) is 4.64. The number of carbonyl (C=O) groups excluding carboxylic acids is 2. The van der Waals surface area contributed by atoms with Crippen molar-refractivity contribution in [3.8, 4) is 0 Å². The summed E-state index contributed by atoms with van der Waals surface area (Å²) in [4.78, 5) is 28.4. The molecule has 5 nitrogen and oxygen atoms in total. The number of aliphatic hydroxyl groups excluding tert-OH is 1. The van der Waals surface area contributed by atoms with Crippen LogP contribution in [-0.4, -0.2) is 45.8 Å². The lowest BCUT2D eigenvalue weighted by Crippen LogP contribution is -2.43. The first kappa shape index (κ1) is 20.2. The molecule has 1 heterocycles. The molecule has 0 aliphatic carbocycles. The molecular weight excluding hydrogens is 399 g/mol. The van der Waals surface area contributed by atoms with Crippen LogP contribution >= 0.6 is 24.0 Å². The maximum absolute atomic E-state index is 13.4. The second-order valence-corrected chi connectivity index (χ2v) is 7.60. The number of hydrogen-bond acceptors (Lipinski definition) is 5. The molecule has 1 aliphatic rings. The van der Waals surface area contributed by atoms with Crippen LogP contribution in [0.15, 0.2) is 59.5 Å². The van der Waals surface area contributed by atoms with Crippen LogP contribution < -0.4 is 4.90 Å². The van der Waals surface area contributed by atoms with Crippen molar-refractivity contribution in [3.05, 3.63) is 70.9 Å². The summed E-state index contributed by atoms with van der Waals surface area (Å²) in [5.74, 6) is -1.16. The Morgan fingerprint density at radius 1 is 1.21 bits per heavy atom. The number of anilines is 1. The number of thioether (sulfide) groups is 1. The predicted octanol–water partition coefficient (Wildman–Crippen LogP) is 3.05. The Bertz CT molecular complexity index is 934. The van der Waals surface area contributed by atoms with Crippen molar-refractivity contribution in [2.75, 3.05) is 24.6 Å². The fourth-order valence-corrected chi connectivity index (χ4v) is 3.97. The number of rotatable bonds is 6. The fourth-order valence-electron chi connectivity index (χ4n) is 2.71.